The second kappa shape index (κ2) is 7.97. The van der Waals surface area contributed by atoms with Crippen molar-refractivity contribution in [3.8, 4) is 0 Å². The Bertz CT molecular complexity index is 651. The zero-order valence-electron chi connectivity index (χ0n) is 14.2. The normalized spacial score (nSPS) is 24.0. The van der Waals surface area contributed by atoms with Crippen LogP contribution in [0.5, 0.6) is 0 Å². The van der Waals surface area contributed by atoms with Gasteiger partial charge in [0.15, 0.2) is 0 Å². The molecule has 2 fully saturated rings. The van der Waals surface area contributed by atoms with E-state index < -0.39 is 5.97 Å². The molecule has 0 atom stereocenters. The lowest BCUT2D eigenvalue weighted by Gasteiger charge is -2.38. The van der Waals surface area contributed by atoms with Crippen LogP contribution >= 0.6 is 11.3 Å². The molecule has 1 aliphatic heterocycles. The highest BCUT2D eigenvalue weighted by atomic mass is 32.1. The molecule has 1 N–H and O–H groups in total. The lowest BCUT2D eigenvalue weighted by atomic mass is 9.84. The number of carbonyl (C=O) groups excluding carboxylic acids is 3. The fourth-order valence-corrected chi connectivity index (χ4v) is 4.22. The van der Waals surface area contributed by atoms with Crippen LogP contribution in [0.3, 0.4) is 0 Å². The third-order valence-electron chi connectivity index (χ3n) is 4.82. The van der Waals surface area contributed by atoms with Crippen molar-refractivity contribution in [2.24, 2.45) is 5.92 Å². The second-order valence-electron chi connectivity index (χ2n) is 6.29. The first-order valence-electron chi connectivity index (χ1n) is 8.44. The first-order chi connectivity index (χ1) is 12.1. The van der Waals surface area contributed by atoms with Gasteiger partial charge in [-0.25, -0.2) is 4.79 Å². The van der Waals surface area contributed by atoms with E-state index >= 15 is 0 Å². The summed E-state index contributed by atoms with van der Waals surface area (Å²) in [5.74, 6) is -0.576. The average molecular weight is 366 g/mol. The summed E-state index contributed by atoms with van der Waals surface area (Å²) < 4.78 is 9.89. The van der Waals surface area contributed by atoms with Gasteiger partial charge in [0, 0.05) is 18.5 Å². The Hall–Kier alpha value is -1.93. The van der Waals surface area contributed by atoms with Gasteiger partial charge < -0.3 is 19.7 Å². The summed E-state index contributed by atoms with van der Waals surface area (Å²) in [6.45, 7) is 1.38. The van der Waals surface area contributed by atoms with Crippen molar-refractivity contribution >= 4 is 34.8 Å². The number of nitrogens with zero attached hydrogens (tertiary/aromatic N) is 1. The molecule has 0 radical (unpaired) electrons. The molecule has 2 heterocycles. The van der Waals surface area contributed by atoms with Crippen LogP contribution in [-0.4, -0.2) is 55.6 Å². The van der Waals surface area contributed by atoms with E-state index in [0.29, 0.717) is 23.7 Å². The topological polar surface area (TPSA) is 84.9 Å². The molecule has 7 nitrogen and oxygen atoms in total. The summed E-state index contributed by atoms with van der Waals surface area (Å²) in [5, 5.41) is 4.60. The lowest BCUT2D eigenvalue weighted by molar-refractivity contribution is -0.146. The van der Waals surface area contributed by atoms with E-state index in [4.69, 9.17) is 9.47 Å². The zero-order valence-corrected chi connectivity index (χ0v) is 15.0. The summed E-state index contributed by atoms with van der Waals surface area (Å²) in [6.07, 6.45) is 3.10. The molecule has 1 saturated heterocycles. The van der Waals surface area contributed by atoms with Crippen LogP contribution in [0, 0.1) is 5.92 Å². The molecule has 2 aliphatic rings. The fraction of sp³-hybridized carbons (Fsp3) is 0.588. The number of morpholine rings is 1. The molecule has 0 spiro atoms. The van der Waals surface area contributed by atoms with Gasteiger partial charge >= 0.3 is 5.97 Å². The van der Waals surface area contributed by atoms with Crippen LogP contribution in [0.4, 0.5) is 5.69 Å². The number of anilines is 1. The van der Waals surface area contributed by atoms with Crippen molar-refractivity contribution < 1.29 is 23.9 Å². The van der Waals surface area contributed by atoms with E-state index in [9.17, 15) is 14.4 Å². The van der Waals surface area contributed by atoms with Crippen LogP contribution in [0.1, 0.15) is 35.4 Å². The first-order valence-corrected chi connectivity index (χ1v) is 9.32. The van der Waals surface area contributed by atoms with Crippen molar-refractivity contribution in [3.63, 3.8) is 0 Å². The molecule has 3 rings (SSSR count). The molecule has 136 valence electrons. The molecule has 0 unspecified atom stereocenters. The Kier molecular flexibility index (Phi) is 5.70. The van der Waals surface area contributed by atoms with E-state index in [-0.39, 0.29) is 30.4 Å². The van der Waals surface area contributed by atoms with E-state index in [1.54, 1.807) is 11.4 Å². The minimum atomic E-state index is -0.445. The predicted molar refractivity (Wildman–Crippen MR) is 92.6 cm³/mol. The quantitative estimate of drug-likeness (QED) is 0.823. The van der Waals surface area contributed by atoms with Crippen molar-refractivity contribution in [1.82, 2.24) is 4.90 Å². The number of hydrogen-bond donors (Lipinski definition) is 1. The molecular weight excluding hydrogens is 344 g/mol. The molecule has 2 amide bonds. The van der Waals surface area contributed by atoms with Gasteiger partial charge in [0.05, 0.1) is 19.4 Å². The third-order valence-corrected chi connectivity index (χ3v) is 5.72. The molecule has 0 bridgehead atoms. The van der Waals surface area contributed by atoms with Crippen LogP contribution in [0.2, 0.25) is 0 Å². The average Bonchev–Trinajstić information content (AvgIpc) is 3.09. The van der Waals surface area contributed by atoms with Gasteiger partial charge in [-0.3, -0.25) is 9.59 Å². The van der Waals surface area contributed by atoms with Gasteiger partial charge in [0.2, 0.25) is 11.8 Å². The summed E-state index contributed by atoms with van der Waals surface area (Å²) >= 11 is 1.25. The van der Waals surface area contributed by atoms with Crippen molar-refractivity contribution in [2.45, 2.75) is 31.7 Å². The number of ether oxygens (including phenoxy) is 2. The maximum atomic E-state index is 12.5. The first kappa shape index (κ1) is 17.9. The van der Waals surface area contributed by atoms with Gasteiger partial charge in [-0.1, -0.05) is 0 Å². The summed E-state index contributed by atoms with van der Waals surface area (Å²) in [5.41, 5.74) is 0.507. The molecule has 1 aliphatic carbocycles. The maximum absolute atomic E-state index is 12.5. The van der Waals surface area contributed by atoms with E-state index in [0.717, 1.165) is 25.7 Å². The van der Waals surface area contributed by atoms with E-state index in [2.05, 4.69) is 5.32 Å². The van der Waals surface area contributed by atoms with Crippen molar-refractivity contribution in [3.05, 3.63) is 16.3 Å². The number of rotatable bonds is 4. The van der Waals surface area contributed by atoms with Crippen LogP contribution in [0.15, 0.2) is 11.4 Å². The highest BCUT2D eigenvalue weighted by Crippen LogP contribution is 2.30. The third kappa shape index (κ3) is 4.01. The van der Waals surface area contributed by atoms with Gasteiger partial charge in [0.25, 0.3) is 0 Å². The Morgan fingerprint density at radius 2 is 2.08 bits per heavy atom. The molecule has 25 heavy (non-hydrogen) atoms. The Morgan fingerprint density at radius 3 is 2.76 bits per heavy atom. The van der Waals surface area contributed by atoms with E-state index in [1.807, 2.05) is 4.90 Å². The maximum Gasteiger partial charge on any atom is 0.350 e. The highest BCUT2D eigenvalue weighted by Gasteiger charge is 2.33. The molecular formula is C17H22N2O5S. The number of methoxy groups -OCH3 is 1. The number of esters is 1. The minimum absolute atomic E-state index is 0.0418. The number of thiophene rings is 1. The van der Waals surface area contributed by atoms with Crippen LogP contribution in [0.25, 0.3) is 0 Å². The Labute approximate surface area is 150 Å². The van der Waals surface area contributed by atoms with Crippen molar-refractivity contribution in [2.75, 3.05) is 32.2 Å². The molecule has 1 aromatic heterocycles. The summed E-state index contributed by atoms with van der Waals surface area (Å²) in [4.78, 5) is 38.4. The van der Waals surface area contributed by atoms with E-state index in [1.165, 1.54) is 18.4 Å². The smallest absolute Gasteiger partial charge is 0.350 e. The van der Waals surface area contributed by atoms with Crippen LogP contribution in [-0.2, 0) is 19.1 Å². The van der Waals surface area contributed by atoms with Gasteiger partial charge in [-0.15, -0.1) is 11.3 Å². The van der Waals surface area contributed by atoms with Gasteiger partial charge in [0.1, 0.15) is 11.5 Å². The molecule has 1 saturated carbocycles. The SMILES string of the molecule is COC(=O)c1sccc1NC(=O)C1CCC(N2CCOCC2=O)CC1. The second-order valence-corrected chi connectivity index (χ2v) is 7.21. The molecule has 8 heteroatoms. The van der Waals surface area contributed by atoms with Crippen LogP contribution < -0.4 is 5.32 Å². The highest BCUT2D eigenvalue weighted by molar-refractivity contribution is 7.12. The lowest BCUT2D eigenvalue weighted by Crippen LogP contribution is -2.49. The van der Waals surface area contributed by atoms with Crippen molar-refractivity contribution in [1.29, 1.82) is 0 Å². The standard InChI is InChI=1S/C17H22N2O5S/c1-23-17(22)15-13(6-9-25-15)18-16(21)11-2-4-12(5-3-11)19-7-8-24-10-14(19)20/h6,9,11-12H,2-5,7-8,10H2,1H3,(H,18,21). The number of carbonyl (C=O) groups is 3. The van der Waals surface area contributed by atoms with Gasteiger partial charge in [-0.05, 0) is 37.1 Å². The monoisotopic (exact) mass is 366 g/mol. The molecule has 0 aromatic carbocycles. The van der Waals surface area contributed by atoms with Gasteiger partial charge in [-0.2, -0.15) is 0 Å². The number of hydrogen-bond acceptors (Lipinski definition) is 6. The minimum Gasteiger partial charge on any atom is -0.465 e. The zero-order chi connectivity index (χ0) is 17.8. The number of amides is 2. The Morgan fingerprint density at radius 1 is 1.32 bits per heavy atom. The fourth-order valence-electron chi connectivity index (χ4n) is 3.46. The molecule has 1 aromatic rings. The number of nitrogens with one attached hydrogen (secondary N) is 1. The largest absolute Gasteiger partial charge is 0.465 e. The Balaban J connectivity index is 1.54. The summed E-state index contributed by atoms with van der Waals surface area (Å²) in [6, 6.07) is 1.92. The summed E-state index contributed by atoms with van der Waals surface area (Å²) in [7, 11) is 1.32. The predicted octanol–water partition coefficient (Wildman–Crippen LogP) is 1.89.